The summed E-state index contributed by atoms with van der Waals surface area (Å²) in [5, 5.41) is 0. The number of carbonyl (C=O) groups is 2. The quantitative estimate of drug-likeness (QED) is 0.142. The van der Waals surface area contributed by atoms with Gasteiger partial charge in [-0.1, -0.05) is 97.1 Å². The van der Waals surface area contributed by atoms with E-state index in [1.54, 1.807) is 48.5 Å². The van der Waals surface area contributed by atoms with Crippen molar-refractivity contribution in [1.29, 1.82) is 0 Å². The van der Waals surface area contributed by atoms with Crippen molar-refractivity contribution in [3.63, 3.8) is 0 Å². The summed E-state index contributed by atoms with van der Waals surface area (Å²) in [6.07, 6.45) is -1.12. The van der Waals surface area contributed by atoms with Gasteiger partial charge in [-0.2, -0.15) is 0 Å². The minimum Gasteiger partial charge on any atom is -0.444 e. The molecule has 4 aromatic carbocycles. The van der Waals surface area contributed by atoms with Crippen molar-refractivity contribution in [1.82, 2.24) is 0 Å². The third kappa shape index (κ3) is 9.82. The number of rotatable bonds is 14. The summed E-state index contributed by atoms with van der Waals surface area (Å²) in [5.74, 6) is 0. The number of anilines is 2. The molecule has 0 aliphatic rings. The molecular formula is C32H32N2O7P+. The topological polar surface area (TPSA) is 94.6 Å². The van der Waals surface area contributed by atoms with Gasteiger partial charge in [0.1, 0.15) is 26.4 Å². The van der Waals surface area contributed by atoms with Crippen molar-refractivity contribution in [2.45, 2.75) is 13.2 Å². The SMILES string of the molecule is O=C(OCc1ccccc1)N(CCO[P+](=O)OCCN(C(=O)OCc1ccccc1)c1ccccc1)c1ccccc1. The molecular weight excluding hydrogens is 555 g/mol. The van der Waals surface area contributed by atoms with Gasteiger partial charge in [0, 0.05) is 15.9 Å². The number of nitrogens with zero attached hydrogens (tertiary/aromatic N) is 2. The lowest BCUT2D eigenvalue weighted by atomic mass is 10.2. The number of amides is 2. The lowest BCUT2D eigenvalue weighted by molar-refractivity contribution is 0.144. The van der Waals surface area contributed by atoms with Crippen LogP contribution in [0.4, 0.5) is 21.0 Å². The van der Waals surface area contributed by atoms with Crippen LogP contribution in [-0.2, 0) is 36.3 Å². The standard InChI is InChI=1S/C32H32N2O7P/c35-31(38-25-27-13-5-1-6-14-27)33(29-17-9-3-10-18-29)21-23-40-42(37)41-24-22-34(30-19-11-4-12-20-30)32(36)39-26-28-15-7-2-8-16-28/h1-20H,21-26H2/q+1. The molecule has 4 aromatic rings. The van der Waals surface area contributed by atoms with Gasteiger partial charge in [0.05, 0.1) is 13.1 Å². The van der Waals surface area contributed by atoms with Crippen molar-refractivity contribution >= 4 is 31.8 Å². The summed E-state index contributed by atoms with van der Waals surface area (Å²) in [5.41, 5.74) is 2.95. The number of hydrogen-bond donors (Lipinski definition) is 0. The third-order valence-electron chi connectivity index (χ3n) is 6.01. The zero-order chi connectivity index (χ0) is 29.4. The fourth-order valence-corrected chi connectivity index (χ4v) is 4.45. The Labute approximate surface area is 246 Å². The van der Waals surface area contributed by atoms with E-state index < -0.39 is 20.4 Å². The second-order valence-corrected chi connectivity index (χ2v) is 9.91. The van der Waals surface area contributed by atoms with E-state index in [2.05, 4.69) is 0 Å². The van der Waals surface area contributed by atoms with Crippen LogP contribution in [0, 0.1) is 0 Å². The first-order valence-electron chi connectivity index (χ1n) is 13.4. The summed E-state index contributed by atoms with van der Waals surface area (Å²) in [4.78, 5) is 28.6. The Kier molecular flexibility index (Phi) is 12.0. The molecule has 216 valence electrons. The Morgan fingerprint density at radius 1 is 0.524 bits per heavy atom. The molecule has 0 aromatic heterocycles. The van der Waals surface area contributed by atoms with Crippen LogP contribution in [0.5, 0.6) is 0 Å². The van der Waals surface area contributed by atoms with Crippen LogP contribution in [0.2, 0.25) is 0 Å². The summed E-state index contributed by atoms with van der Waals surface area (Å²) in [6.45, 7) is 0.284. The van der Waals surface area contributed by atoms with Gasteiger partial charge < -0.3 is 9.47 Å². The second kappa shape index (κ2) is 16.6. The molecule has 9 nitrogen and oxygen atoms in total. The normalized spacial score (nSPS) is 10.5. The predicted molar refractivity (Wildman–Crippen MR) is 160 cm³/mol. The van der Waals surface area contributed by atoms with Crippen LogP contribution < -0.4 is 9.80 Å². The minimum absolute atomic E-state index is 0.0634. The highest BCUT2D eigenvalue weighted by atomic mass is 31.1. The average Bonchev–Trinajstić information content (AvgIpc) is 3.04. The Morgan fingerprint density at radius 2 is 0.857 bits per heavy atom. The maximum Gasteiger partial charge on any atom is 0.697 e. The zero-order valence-electron chi connectivity index (χ0n) is 23.0. The van der Waals surface area contributed by atoms with E-state index in [0.717, 1.165) is 11.1 Å². The lowest BCUT2D eigenvalue weighted by Gasteiger charge is -2.21. The van der Waals surface area contributed by atoms with E-state index in [1.807, 2.05) is 72.8 Å². The van der Waals surface area contributed by atoms with E-state index in [9.17, 15) is 14.2 Å². The maximum atomic E-state index is 12.9. The first-order valence-corrected chi connectivity index (χ1v) is 14.5. The second-order valence-electron chi connectivity index (χ2n) is 8.94. The first-order chi connectivity index (χ1) is 20.6. The number of para-hydroxylation sites is 2. The van der Waals surface area contributed by atoms with Crippen molar-refractivity contribution in [2.75, 3.05) is 36.1 Å². The van der Waals surface area contributed by atoms with Crippen molar-refractivity contribution in [3.8, 4) is 0 Å². The van der Waals surface area contributed by atoms with Gasteiger partial charge in [-0.05, 0) is 35.4 Å². The fourth-order valence-electron chi connectivity index (χ4n) is 3.91. The maximum absolute atomic E-state index is 12.9. The number of carbonyl (C=O) groups excluding carboxylic acids is 2. The van der Waals surface area contributed by atoms with Crippen LogP contribution in [-0.4, -0.2) is 38.5 Å². The Balaban J connectivity index is 1.26. The highest BCUT2D eigenvalue weighted by molar-refractivity contribution is 7.33. The summed E-state index contributed by atoms with van der Waals surface area (Å²) in [6, 6.07) is 36.7. The van der Waals surface area contributed by atoms with E-state index in [0.29, 0.717) is 11.4 Å². The largest absolute Gasteiger partial charge is 0.697 e. The summed E-state index contributed by atoms with van der Waals surface area (Å²) < 4.78 is 34.2. The molecule has 0 fully saturated rings. The van der Waals surface area contributed by atoms with Crippen molar-refractivity contribution in [2.24, 2.45) is 0 Å². The highest BCUT2D eigenvalue weighted by Crippen LogP contribution is 2.25. The molecule has 10 heteroatoms. The molecule has 0 atom stereocenters. The smallest absolute Gasteiger partial charge is 0.444 e. The Bertz CT molecular complexity index is 1290. The highest BCUT2D eigenvalue weighted by Gasteiger charge is 2.25. The Morgan fingerprint density at radius 3 is 1.21 bits per heavy atom. The number of benzene rings is 4. The Hall–Kier alpha value is -4.56. The van der Waals surface area contributed by atoms with Gasteiger partial charge in [0.2, 0.25) is 0 Å². The molecule has 0 aliphatic heterocycles. The molecule has 0 saturated carbocycles. The monoisotopic (exact) mass is 587 g/mol. The van der Waals surface area contributed by atoms with Crippen molar-refractivity contribution < 1.29 is 32.7 Å². The van der Waals surface area contributed by atoms with Crippen molar-refractivity contribution in [3.05, 3.63) is 132 Å². The number of hydrogen-bond acceptors (Lipinski definition) is 7. The molecule has 4 rings (SSSR count). The predicted octanol–water partition coefficient (Wildman–Crippen LogP) is 7.36. The molecule has 0 radical (unpaired) electrons. The summed E-state index contributed by atoms with van der Waals surface area (Å²) in [7, 11) is -2.51. The average molecular weight is 588 g/mol. The van der Waals surface area contributed by atoms with Crippen LogP contribution in [0.25, 0.3) is 0 Å². The zero-order valence-corrected chi connectivity index (χ0v) is 23.9. The van der Waals surface area contributed by atoms with Crippen LogP contribution in [0.15, 0.2) is 121 Å². The van der Waals surface area contributed by atoms with Gasteiger partial charge >= 0.3 is 20.4 Å². The van der Waals surface area contributed by atoms with Crippen LogP contribution in [0.1, 0.15) is 11.1 Å². The molecule has 0 unspecified atom stereocenters. The van der Waals surface area contributed by atoms with Gasteiger partial charge in [-0.15, -0.1) is 9.05 Å². The molecule has 0 saturated heterocycles. The lowest BCUT2D eigenvalue weighted by Crippen LogP contribution is -2.34. The van der Waals surface area contributed by atoms with Gasteiger partial charge in [0.25, 0.3) is 0 Å². The molecule has 0 spiro atoms. The molecule has 42 heavy (non-hydrogen) atoms. The molecule has 0 heterocycles. The fraction of sp³-hybridized carbons (Fsp3) is 0.188. The number of ether oxygens (including phenoxy) is 2. The first kappa shape index (κ1) is 30.4. The molecule has 0 bridgehead atoms. The van der Waals surface area contributed by atoms with Gasteiger partial charge in [-0.3, -0.25) is 9.80 Å². The van der Waals surface area contributed by atoms with Gasteiger partial charge in [0.15, 0.2) is 0 Å². The van der Waals surface area contributed by atoms with E-state index in [1.165, 1.54) is 9.80 Å². The van der Waals surface area contributed by atoms with E-state index in [4.69, 9.17) is 18.5 Å². The molecule has 2 amide bonds. The molecule has 0 aliphatic carbocycles. The van der Waals surface area contributed by atoms with E-state index >= 15 is 0 Å². The van der Waals surface area contributed by atoms with Crippen LogP contribution in [0.3, 0.4) is 0 Å². The molecule has 0 N–H and O–H groups in total. The minimum atomic E-state index is -2.51. The van der Waals surface area contributed by atoms with Crippen LogP contribution >= 0.6 is 8.25 Å². The third-order valence-corrected chi connectivity index (χ3v) is 6.80. The summed E-state index contributed by atoms with van der Waals surface area (Å²) >= 11 is 0. The van der Waals surface area contributed by atoms with E-state index in [-0.39, 0.29) is 39.5 Å². The van der Waals surface area contributed by atoms with Gasteiger partial charge in [-0.25, -0.2) is 9.59 Å².